The van der Waals surface area contributed by atoms with Crippen LogP contribution in [0.4, 0.5) is 11.4 Å². The van der Waals surface area contributed by atoms with Crippen molar-refractivity contribution in [3.8, 4) is 5.75 Å². The van der Waals surface area contributed by atoms with E-state index in [4.69, 9.17) is 9.47 Å². The Hall–Kier alpha value is -2.60. The number of benzene rings is 2. The van der Waals surface area contributed by atoms with E-state index in [2.05, 4.69) is 26.0 Å². The number of nitro groups is 1. The van der Waals surface area contributed by atoms with Gasteiger partial charge in [-0.1, -0.05) is 32.0 Å². The van der Waals surface area contributed by atoms with Gasteiger partial charge in [0, 0.05) is 23.4 Å². The number of non-ortho nitro benzene ring substituents is 1. The minimum atomic E-state index is -0.406. The first-order valence-corrected chi connectivity index (χ1v) is 8.54. The average molecular weight is 340 g/mol. The molecule has 4 rings (SSSR count). The summed E-state index contributed by atoms with van der Waals surface area (Å²) < 4.78 is 12.4. The van der Waals surface area contributed by atoms with Crippen LogP contribution in [0.25, 0.3) is 0 Å². The Morgan fingerprint density at radius 3 is 2.72 bits per heavy atom. The van der Waals surface area contributed by atoms with E-state index in [0.717, 1.165) is 24.1 Å². The molecule has 0 amide bonds. The molecular weight excluding hydrogens is 320 g/mol. The number of para-hydroxylation sites is 1. The summed E-state index contributed by atoms with van der Waals surface area (Å²) in [6.07, 6.45) is 1.27. The Morgan fingerprint density at radius 1 is 1.24 bits per heavy atom. The van der Waals surface area contributed by atoms with Crippen LogP contribution < -0.4 is 9.64 Å². The summed E-state index contributed by atoms with van der Waals surface area (Å²) >= 11 is 0. The highest BCUT2D eigenvalue weighted by Crippen LogP contribution is 2.52. The van der Waals surface area contributed by atoms with E-state index < -0.39 is 11.8 Å². The van der Waals surface area contributed by atoms with Gasteiger partial charge in [-0.2, -0.15) is 0 Å². The number of rotatable bonds is 3. The van der Waals surface area contributed by atoms with Crippen molar-refractivity contribution in [1.82, 2.24) is 0 Å². The lowest BCUT2D eigenvalue weighted by Crippen LogP contribution is -2.48. The van der Waals surface area contributed by atoms with E-state index >= 15 is 0 Å². The van der Waals surface area contributed by atoms with Crippen molar-refractivity contribution >= 4 is 11.4 Å². The molecule has 0 aliphatic carbocycles. The number of hydrogen-bond acceptors (Lipinski definition) is 5. The van der Waals surface area contributed by atoms with Gasteiger partial charge in [-0.3, -0.25) is 10.1 Å². The Balaban J connectivity index is 1.89. The quantitative estimate of drug-likeness (QED) is 0.608. The van der Waals surface area contributed by atoms with E-state index in [-0.39, 0.29) is 10.6 Å². The zero-order valence-corrected chi connectivity index (χ0v) is 14.3. The van der Waals surface area contributed by atoms with Gasteiger partial charge in [-0.05, 0) is 25.0 Å². The van der Waals surface area contributed by atoms with E-state index in [1.54, 1.807) is 12.1 Å². The third-order valence-electron chi connectivity index (χ3n) is 5.30. The highest BCUT2D eigenvalue weighted by Gasteiger charge is 2.45. The fraction of sp³-hybridized carbons (Fsp3) is 0.368. The van der Waals surface area contributed by atoms with Crippen LogP contribution in [0.3, 0.4) is 0 Å². The molecule has 25 heavy (non-hydrogen) atoms. The van der Waals surface area contributed by atoms with E-state index in [9.17, 15) is 10.1 Å². The topological polar surface area (TPSA) is 64.8 Å². The highest BCUT2D eigenvalue weighted by atomic mass is 16.6. The lowest BCUT2D eigenvalue weighted by atomic mass is 9.84. The fourth-order valence-electron chi connectivity index (χ4n) is 3.86. The molecule has 1 unspecified atom stereocenters. The molecule has 2 aliphatic rings. The zero-order valence-electron chi connectivity index (χ0n) is 14.3. The SMILES string of the molecule is CCC1(CC)OC2c3cc([N+](=O)[O-])ccc3OCN2c2ccccc21. The van der Waals surface area contributed by atoms with Crippen molar-refractivity contribution in [3.05, 3.63) is 63.7 Å². The number of hydrogen-bond donors (Lipinski definition) is 0. The lowest BCUT2D eigenvalue weighted by molar-refractivity contribution is -0.385. The first-order chi connectivity index (χ1) is 12.1. The van der Waals surface area contributed by atoms with Gasteiger partial charge in [0.05, 0.1) is 16.1 Å². The molecule has 130 valence electrons. The summed E-state index contributed by atoms with van der Waals surface area (Å²) in [5.74, 6) is 0.646. The molecule has 0 saturated heterocycles. The van der Waals surface area contributed by atoms with Gasteiger partial charge >= 0.3 is 0 Å². The monoisotopic (exact) mass is 340 g/mol. The van der Waals surface area contributed by atoms with Gasteiger partial charge < -0.3 is 14.4 Å². The van der Waals surface area contributed by atoms with Crippen LogP contribution in [0.1, 0.15) is 44.0 Å². The number of nitrogens with zero attached hydrogens (tertiary/aromatic N) is 2. The molecule has 0 spiro atoms. The molecule has 0 N–H and O–H groups in total. The second-order valence-electron chi connectivity index (χ2n) is 6.41. The second kappa shape index (κ2) is 5.74. The molecule has 2 aliphatic heterocycles. The summed E-state index contributed by atoms with van der Waals surface area (Å²) in [5, 5.41) is 11.2. The fourth-order valence-corrected chi connectivity index (χ4v) is 3.86. The molecule has 0 radical (unpaired) electrons. The summed E-state index contributed by atoms with van der Waals surface area (Å²) in [5.41, 5.74) is 2.57. The van der Waals surface area contributed by atoms with Gasteiger partial charge in [-0.25, -0.2) is 0 Å². The second-order valence-corrected chi connectivity index (χ2v) is 6.41. The van der Waals surface area contributed by atoms with E-state index in [1.165, 1.54) is 6.07 Å². The van der Waals surface area contributed by atoms with Crippen LogP contribution in [-0.2, 0) is 10.3 Å². The Labute approximate surface area is 146 Å². The van der Waals surface area contributed by atoms with Crippen LogP contribution in [0, 0.1) is 10.1 Å². The number of anilines is 1. The van der Waals surface area contributed by atoms with Gasteiger partial charge in [0.2, 0.25) is 0 Å². The van der Waals surface area contributed by atoms with Gasteiger partial charge in [0.25, 0.3) is 5.69 Å². The first kappa shape index (κ1) is 15.9. The van der Waals surface area contributed by atoms with Crippen LogP contribution in [0.2, 0.25) is 0 Å². The average Bonchev–Trinajstić information content (AvgIpc) is 2.66. The Kier molecular flexibility index (Phi) is 3.65. The number of ether oxygens (including phenoxy) is 2. The standard InChI is InChI=1S/C19H20N2O4/c1-3-19(4-2)15-7-5-6-8-16(15)20-12-24-17-10-9-13(21(22)23)11-14(17)18(20)25-19/h5-11,18H,3-4,12H2,1-2H3. The molecule has 2 aromatic rings. The molecule has 6 nitrogen and oxygen atoms in total. The maximum Gasteiger partial charge on any atom is 0.270 e. The van der Waals surface area contributed by atoms with Crippen LogP contribution in [0.15, 0.2) is 42.5 Å². The minimum absolute atomic E-state index is 0.0465. The molecule has 1 atom stereocenters. The maximum absolute atomic E-state index is 11.2. The predicted octanol–water partition coefficient (Wildman–Crippen LogP) is 4.50. The van der Waals surface area contributed by atoms with Crippen molar-refractivity contribution in [1.29, 1.82) is 0 Å². The van der Waals surface area contributed by atoms with Crippen molar-refractivity contribution in [3.63, 3.8) is 0 Å². The van der Waals surface area contributed by atoms with Gasteiger partial charge in [0.15, 0.2) is 13.0 Å². The van der Waals surface area contributed by atoms with Gasteiger partial charge in [-0.15, -0.1) is 0 Å². The Morgan fingerprint density at radius 2 is 2.00 bits per heavy atom. The summed E-state index contributed by atoms with van der Waals surface area (Å²) in [6.45, 7) is 4.59. The summed E-state index contributed by atoms with van der Waals surface area (Å²) in [6, 6.07) is 12.9. The predicted molar refractivity (Wildman–Crippen MR) is 93.6 cm³/mol. The first-order valence-electron chi connectivity index (χ1n) is 8.54. The van der Waals surface area contributed by atoms with Crippen LogP contribution in [0.5, 0.6) is 5.75 Å². The number of fused-ring (bicyclic) bond motifs is 5. The molecule has 0 bridgehead atoms. The van der Waals surface area contributed by atoms with Crippen molar-refractivity contribution in [2.24, 2.45) is 0 Å². The summed E-state index contributed by atoms with van der Waals surface area (Å²) in [7, 11) is 0. The molecule has 6 heteroatoms. The third-order valence-corrected chi connectivity index (χ3v) is 5.30. The van der Waals surface area contributed by atoms with E-state index in [1.807, 2.05) is 17.0 Å². The highest BCUT2D eigenvalue weighted by molar-refractivity contribution is 5.61. The largest absolute Gasteiger partial charge is 0.473 e. The molecule has 2 aromatic carbocycles. The lowest BCUT2D eigenvalue weighted by Gasteiger charge is -2.50. The Bertz CT molecular complexity index is 832. The third kappa shape index (κ3) is 2.28. The van der Waals surface area contributed by atoms with Crippen LogP contribution >= 0.6 is 0 Å². The van der Waals surface area contributed by atoms with Crippen molar-refractivity contribution < 1.29 is 14.4 Å². The van der Waals surface area contributed by atoms with Crippen LogP contribution in [-0.4, -0.2) is 11.7 Å². The number of nitro benzene ring substituents is 1. The smallest absolute Gasteiger partial charge is 0.270 e. The molecule has 2 heterocycles. The maximum atomic E-state index is 11.2. The van der Waals surface area contributed by atoms with Crippen molar-refractivity contribution in [2.45, 2.75) is 38.5 Å². The summed E-state index contributed by atoms with van der Waals surface area (Å²) in [4.78, 5) is 12.8. The minimum Gasteiger partial charge on any atom is -0.473 e. The zero-order chi connectivity index (χ0) is 17.6. The van der Waals surface area contributed by atoms with E-state index in [0.29, 0.717) is 18.0 Å². The molecule has 0 saturated carbocycles. The van der Waals surface area contributed by atoms with Crippen molar-refractivity contribution in [2.75, 3.05) is 11.6 Å². The molecular formula is C19H20N2O4. The molecule has 0 aromatic heterocycles. The van der Waals surface area contributed by atoms with Gasteiger partial charge in [0.1, 0.15) is 5.75 Å². The normalized spacial score (nSPS) is 20.1. The molecule has 0 fully saturated rings.